The number of pyridine rings is 1. The summed E-state index contributed by atoms with van der Waals surface area (Å²) in [6.07, 6.45) is 1.77. The standard InChI is InChI=1S/C27H20N2O2S/c1-17-11-13-22(14-12-17)32-26-21(15-20-10-6-7-18(2)24(20)29-26)16-23-27(30)31-25(28-23)19-8-4-3-5-9-19/h3-16H,1-2H3/b23-16+. The number of aromatic nitrogens is 1. The van der Waals surface area contributed by atoms with Gasteiger partial charge in [0.2, 0.25) is 5.90 Å². The second-order valence-corrected chi connectivity index (χ2v) is 8.71. The molecule has 5 rings (SSSR count). The molecule has 156 valence electrons. The average molecular weight is 437 g/mol. The number of carbonyl (C=O) groups is 1. The minimum Gasteiger partial charge on any atom is -0.402 e. The van der Waals surface area contributed by atoms with Gasteiger partial charge < -0.3 is 4.74 Å². The maximum Gasteiger partial charge on any atom is 0.363 e. The largest absolute Gasteiger partial charge is 0.402 e. The van der Waals surface area contributed by atoms with Crippen LogP contribution in [0.15, 0.2) is 99.5 Å². The van der Waals surface area contributed by atoms with Gasteiger partial charge in [-0.25, -0.2) is 14.8 Å². The molecule has 2 heterocycles. The fourth-order valence-corrected chi connectivity index (χ4v) is 4.38. The Kier molecular flexibility index (Phi) is 5.33. The highest BCUT2D eigenvalue weighted by Gasteiger charge is 2.24. The molecule has 1 aliphatic rings. The van der Waals surface area contributed by atoms with E-state index in [0.29, 0.717) is 5.90 Å². The molecule has 0 spiro atoms. The molecular weight excluding hydrogens is 416 g/mol. The van der Waals surface area contributed by atoms with E-state index in [4.69, 9.17) is 9.72 Å². The van der Waals surface area contributed by atoms with Gasteiger partial charge in [0.15, 0.2) is 5.70 Å². The maximum atomic E-state index is 12.6. The zero-order valence-corrected chi connectivity index (χ0v) is 18.5. The Balaban J connectivity index is 1.61. The van der Waals surface area contributed by atoms with Crippen LogP contribution in [0.4, 0.5) is 0 Å². The van der Waals surface area contributed by atoms with Crippen molar-refractivity contribution in [2.24, 2.45) is 4.99 Å². The van der Waals surface area contributed by atoms with Gasteiger partial charge in [0.05, 0.1) is 5.52 Å². The summed E-state index contributed by atoms with van der Waals surface area (Å²) in [7, 11) is 0. The number of nitrogens with zero attached hydrogens (tertiary/aromatic N) is 2. The lowest BCUT2D eigenvalue weighted by Crippen LogP contribution is -2.05. The first-order valence-corrected chi connectivity index (χ1v) is 11.1. The number of esters is 1. The molecule has 0 bridgehead atoms. The number of fused-ring (bicyclic) bond motifs is 1. The Morgan fingerprint density at radius 1 is 0.906 bits per heavy atom. The van der Waals surface area contributed by atoms with Crippen molar-refractivity contribution in [1.82, 2.24) is 4.98 Å². The highest BCUT2D eigenvalue weighted by molar-refractivity contribution is 7.99. The first kappa shape index (κ1) is 20.2. The first-order valence-electron chi connectivity index (χ1n) is 10.3. The summed E-state index contributed by atoms with van der Waals surface area (Å²) in [5, 5.41) is 1.84. The number of benzene rings is 3. The molecule has 0 aliphatic carbocycles. The van der Waals surface area contributed by atoms with E-state index < -0.39 is 5.97 Å². The van der Waals surface area contributed by atoms with Crippen molar-refractivity contribution in [2.45, 2.75) is 23.8 Å². The Hall–Kier alpha value is -3.70. The van der Waals surface area contributed by atoms with Crippen LogP contribution in [-0.2, 0) is 9.53 Å². The third kappa shape index (κ3) is 4.07. The van der Waals surface area contributed by atoms with E-state index in [1.54, 1.807) is 17.8 Å². The third-order valence-corrected chi connectivity index (χ3v) is 6.24. The number of aryl methyl sites for hydroxylation is 2. The number of hydrogen-bond donors (Lipinski definition) is 0. The SMILES string of the molecule is Cc1ccc(Sc2nc3c(C)cccc3cc2/C=C2/N=C(c3ccccc3)OC2=O)cc1. The second-order valence-electron chi connectivity index (χ2n) is 7.65. The molecule has 1 aliphatic heterocycles. The number of hydrogen-bond acceptors (Lipinski definition) is 5. The summed E-state index contributed by atoms with van der Waals surface area (Å²) in [4.78, 5) is 23.1. The Morgan fingerprint density at radius 2 is 1.69 bits per heavy atom. The van der Waals surface area contributed by atoms with E-state index in [2.05, 4.69) is 55.2 Å². The van der Waals surface area contributed by atoms with Gasteiger partial charge in [0.25, 0.3) is 0 Å². The van der Waals surface area contributed by atoms with Crippen LogP contribution in [-0.4, -0.2) is 16.9 Å². The zero-order chi connectivity index (χ0) is 22.1. The minimum absolute atomic E-state index is 0.267. The quantitative estimate of drug-likeness (QED) is 0.276. The molecule has 32 heavy (non-hydrogen) atoms. The van der Waals surface area contributed by atoms with Crippen LogP contribution in [0, 0.1) is 13.8 Å². The topological polar surface area (TPSA) is 51.6 Å². The second kappa shape index (κ2) is 8.44. The summed E-state index contributed by atoms with van der Waals surface area (Å²) >= 11 is 1.57. The molecular formula is C27H20N2O2S. The summed E-state index contributed by atoms with van der Waals surface area (Å²) in [5.41, 5.74) is 5.13. The summed E-state index contributed by atoms with van der Waals surface area (Å²) in [6, 6.07) is 25.9. The lowest BCUT2D eigenvalue weighted by atomic mass is 10.1. The fraction of sp³-hybridized carbons (Fsp3) is 0.0741. The molecule has 0 fully saturated rings. The van der Waals surface area contributed by atoms with Gasteiger partial charge >= 0.3 is 5.97 Å². The van der Waals surface area contributed by atoms with Gasteiger partial charge in [-0.05, 0) is 55.8 Å². The van der Waals surface area contributed by atoms with E-state index in [0.717, 1.165) is 37.5 Å². The number of carbonyl (C=O) groups excluding carboxylic acids is 1. The van der Waals surface area contributed by atoms with Crippen LogP contribution >= 0.6 is 11.8 Å². The van der Waals surface area contributed by atoms with E-state index in [-0.39, 0.29) is 5.70 Å². The highest BCUT2D eigenvalue weighted by Crippen LogP contribution is 2.34. The van der Waals surface area contributed by atoms with E-state index >= 15 is 0 Å². The Labute approximate surface area is 190 Å². The number of aliphatic imine (C=N–C) groups is 1. The van der Waals surface area contributed by atoms with Crippen LogP contribution in [0.5, 0.6) is 0 Å². The van der Waals surface area contributed by atoms with Gasteiger partial charge in [-0.2, -0.15) is 0 Å². The van der Waals surface area contributed by atoms with Crippen molar-refractivity contribution in [3.05, 3.63) is 107 Å². The molecule has 4 aromatic rings. The van der Waals surface area contributed by atoms with E-state index in [9.17, 15) is 4.79 Å². The average Bonchev–Trinajstić information content (AvgIpc) is 3.17. The molecule has 0 saturated carbocycles. The molecule has 0 unspecified atom stereocenters. The number of cyclic esters (lactones) is 1. The lowest BCUT2D eigenvalue weighted by Gasteiger charge is -2.10. The number of rotatable bonds is 4. The van der Waals surface area contributed by atoms with Crippen molar-refractivity contribution in [3.63, 3.8) is 0 Å². The predicted molar refractivity (Wildman–Crippen MR) is 129 cm³/mol. The van der Waals surface area contributed by atoms with E-state index in [1.165, 1.54) is 5.56 Å². The van der Waals surface area contributed by atoms with Crippen LogP contribution in [0.3, 0.4) is 0 Å². The Bertz CT molecular complexity index is 1390. The summed E-state index contributed by atoms with van der Waals surface area (Å²) in [5.74, 6) is -0.140. The maximum absolute atomic E-state index is 12.6. The summed E-state index contributed by atoms with van der Waals surface area (Å²) in [6.45, 7) is 4.12. The van der Waals surface area contributed by atoms with Crippen molar-refractivity contribution in [1.29, 1.82) is 0 Å². The third-order valence-electron chi connectivity index (χ3n) is 5.21. The van der Waals surface area contributed by atoms with Crippen LogP contribution < -0.4 is 0 Å². The van der Waals surface area contributed by atoms with Gasteiger partial charge in [0, 0.05) is 21.4 Å². The molecule has 3 aromatic carbocycles. The summed E-state index contributed by atoms with van der Waals surface area (Å²) < 4.78 is 5.43. The van der Waals surface area contributed by atoms with Crippen molar-refractivity contribution >= 4 is 40.6 Å². The molecule has 4 nitrogen and oxygen atoms in total. The zero-order valence-electron chi connectivity index (χ0n) is 17.7. The van der Waals surface area contributed by atoms with Crippen LogP contribution in [0.2, 0.25) is 0 Å². The normalized spacial score (nSPS) is 14.6. The molecule has 1 aromatic heterocycles. The van der Waals surface area contributed by atoms with Gasteiger partial charge in [-0.3, -0.25) is 0 Å². The van der Waals surface area contributed by atoms with Gasteiger partial charge in [-0.1, -0.05) is 65.9 Å². The Morgan fingerprint density at radius 3 is 2.47 bits per heavy atom. The molecule has 5 heteroatoms. The fourth-order valence-electron chi connectivity index (χ4n) is 3.51. The van der Waals surface area contributed by atoms with E-state index in [1.807, 2.05) is 42.5 Å². The molecule has 0 N–H and O–H groups in total. The van der Waals surface area contributed by atoms with Crippen molar-refractivity contribution < 1.29 is 9.53 Å². The number of ether oxygens (including phenoxy) is 1. The molecule has 0 atom stereocenters. The van der Waals surface area contributed by atoms with Crippen LogP contribution in [0.1, 0.15) is 22.3 Å². The lowest BCUT2D eigenvalue weighted by molar-refractivity contribution is -0.129. The van der Waals surface area contributed by atoms with Gasteiger partial charge in [0.1, 0.15) is 5.03 Å². The molecule has 0 amide bonds. The van der Waals surface area contributed by atoms with Crippen molar-refractivity contribution in [2.75, 3.05) is 0 Å². The van der Waals surface area contributed by atoms with Crippen LogP contribution in [0.25, 0.3) is 17.0 Å². The van der Waals surface area contributed by atoms with Gasteiger partial charge in [-0.15, -0.1) is 0 Å². The minimum atomic E-state index is -0.459. The molecule has 0 saturated heterocycles. The predicted octanol–water partition coefficient (Wildman–Crippen LogP) is 6.35. The highest BCUT2D eigenvalue weighted by atomic mass is 32.2. The first-order chi connectivity index (χ1) is 15.6. The van der Waals surface area contributed by atoms with Crippen molar-refractivity contribution in [3.8, 4) is 0 Å². The molecule has 0 radical (unpaired) electrons. The monoisotopic (exact) mass is 436 g/mol. The number of para-hydroxylation sites is 1. The smallest absolute Gasteiger partial charge is 0.363 e.